The summed E-state index contributed by atoms with van der Waals surface area (Å²) in [5.74, 6) is 2.88. The fourth-order valence-corrected chi connectivity index (χ4v) is 12.4. The SMILES string of the molecule is C=C(C)[C@@H]1CC[C@]2(C(=O)NCc3ccccn3)CC[C@]3(C)[C@H](CC[C@@H]4[C@@]5(C)CC[C@H](O)C(C)(C)[C@@H]5CC[C@]43C)[C@@H]12. The number of allylic oxidation sites excluding steroid dienone is 1. The van der Waals surface area contributed by atoms with Crippen LogP contribution in [0.1, 0.15) is 111 Å². The van der Waals surface area contributed by atoms with Gasteiger partial charge in [0.25, 0.3) is 0 Å². The lowest BCUT2D eigenvalue weighted by Crippen LogP contribution is -2.67. The molecule has 1 aromatic rings. The molecule has 0 aromatic carbocycles. The molecule has 1 heterocycles. The van der Waals surface area contributed by atoms with Gasteiger partial charge >= 0.3 is 0 Å². The zero-order valence-corrected chi connectivity index (χ0v) is 26.1. The quantitative estimate of drug-likeness (QED) is 0.380. The molecule has 1 aromatic heterocycles. The van der Waals surface area contributed by atoms with Crippen molar-refractivity contribution in [3.8, 4) is 0 Å². The summed E-state index contributed by atoms with van der Waals surface area (Å²) >= 11 is 0. The number of rotatable bonds is 4. The normalized spacial score (nSPS) is 47.3. The van der Waals surface area contributed by atoms with Crippen LogP contribution in [0.15, 0.2) is 36.5 Å². The van der Waals surface area contributed by atoms with Crippen molar-refractivity contribution in [2.45, 2.75) is 118 Å². The molecule has 0 radical (unpaired) electrons. The van der Waals surface area contributed by atoms with E-state index in [1.165, 1.54) is 31.3 Å². The van der Waals surface area contributed by atoms with Crippen molar-refractivity contribution in [1.82, 2.24) is 10.3 Å². The molecule has 4 nitrogen and oxygen atoms in total. The van der Waals surface area contributed by atoms with Gasteiger partial charge in [-0.15, -0.1) is 0 Å². The Bertz CT molecular complexity index is 1160. The molecule has 10 atom stereocenters. The van der Waals surface area contributed by atoms with Crippen LogP contribution < -0.4 is 5.32 Å². The predicted octanol–water partition coefficient (Wildman–Crippen LogP) is 7.72. The Balaban J connectivity index is 1.34. The molecule has 0 aliphatic heterocycles. The average Bonchev–Trinajstić information content (AvgIpc) is 3.32. The number of carbonyl (C=O) groups excluding carboxylic acids is 1. The number of carbonyl (C=O) groups is 1. The molecular formula is C36H54N2O2. The van der Waals surface area contributed by atoms with Crippen molar-refractivity contribution >= 4 is 5.91 Å². The van der Waals surface area contributed by atoms with E-state index in [0.29, 0.717) is 36.1 Å². The number of nitrogens with zero attached hydrogens (tertiary/aromatic N) is 1. The molecule has 5 fully saturated rings. The zero-order valence-electron chi connectivity index (χ0n) is 26.1. The lowest BCUT2D eigenvalue weighted by molar-refractivity contribution is -0.246. The van der Waals surface area contributed by atoms with E-state index in [-0.39, 0.29) is 39.1 Å². The first kappa shape index (κ1) is 28.4. The van der Waals surface area contributed by atoms with Crippen LogP contribution in [0.4, 0.5) is 0 Å². The second-order valence-electron chi connectivity index (χ2n) is 16.2. The molecule has 2 N–H and O–H groups in total. The van der Waals surface area contributed by atoms with E-state index in [1.807, 2.05) is 24.4 Å². The topological polar surface area (TPSA) is 62.2 Å². The molecule has 0 saturated heterocycles. The van der Waals surface area contributed by atoms with Crippen LogP contribution in [0, 0.1) is 56.7 Å². The molecule has 40 heavy (non-hydrogen) atoms. The monoisotopic (exact) mass is 546 g/mol. The number of aliphatic hydroxyl groups excluding tert-OH is 1. The maximum absolute atomic E-state index is 14.2. The number of nitrogens with one attached hydrogen (secondary N) is 1. The highest BCUT2D eigenvalue weighted by Crippen LogP contribution is 2.77. The van der Waals surface area contributed by atoms with E-state index in [0.717, 1.165) is 44.2 Å². The highest BCUT2D eigenvalue weighted by molar-refractivity contribution is 5.83. The molecule has 220 valence electrons. The Morgan fingerprint density at radius 1 is 0.950 bits per heavy atom. The summed E-state index contributed by atoms with van der Waals surface area (Å²) in [5, 5.41) is 14.4. The Hall–Kier alpha value is -1.68. The minimum absolute atomic E-state index is 0.0179. The molecular weight excluding hydrogens is 492 g/mol. The van der Waals surface area contributed by atoms with Crippen LogP contribution in [-0.2, 0) is 11.3 Å². The number of hydrogen-bond acceptors (Lipinski definition) is 3. The van der Waals surface area contributed by atoms with E-state index in [2.05, 4.69) is 58.4 Å². The van der Waals surface area contributed by atoms with E-state index < -0.39 is 0 Å². The smallest absolute Gasteiger partial charge is 0.226 e. The molecule has 4 heteroatoms. The third-order valence-electron chi connectivity index (χ3n) is 14.7. The molecule has 1 amide bonds. The number of fused-ring (bicyclic) bond motifs is 7. The van der Waals surface area contributed by atoms with Gasteiger partial charge in [-0.05, 0) is 135 Å². The predicted molar refractivity (Wildman–Crippen MR) is 161 cm³/mol. The fourth-order valence-electron chi connectivity index (χ4n) is 12.4. The summed E-state index contributed by atoms with van der Waals surface area (Å²) in [5.41, 5.74) is 2.66. The summed E-state index contributed by atoms with van der Waals surface area (Å²) in [4.78, 5) is 18.7. The maximum Gasteiger partial charge on any atom is 0.226 e. The first-order valence-electron chi connectivity index (χ1n) is 16.3. The lowest BCUT2D eigenvalue weighted by atomic mass is 9.32. The molecule has 5 aliphatic rings. The first-order valence-corrected chi connectivity index (χ1v) is 16.3. The van der Waals surface area contributed by atoms with E-state index in [9.17, 15) is 9.90 Å². The molecule has 5 saturated carbocycles. The Labute approximate surface area is 243 Å². The minimum atomic E-state index is -0.288. The summed E-state index contributed by atoms with van der Waals surface area (Å²) < 4.78 is 0. The molecule has 0 spiro atoms. The van der Waals surface area contributed by atoms with E-state index in [4.69, 9.17) is 0 Å². The number of aliphatic hydroxyl groups is 1. The van der Waals surface area contributed by atoms with E-state index >= 15 is 0 Å². The van der Waals surface area contributed by atoms with Crippen LogP contribution in [0.2, 0.25) is 0 Å². The second kappa shape index (κ2) is 9.41. The van der Waals surface area contributed by atoms with Gasteiger partial charge in [-0.1, -0.05) is 52.8 Å². The van der Waals surface area contributed by atoms with Crippen molar-refractivity contribution in [2.24, 2.45) is 56.7 Å². The number of hydrogen-bond donors (Lipinski definition) is 2. The van der Waals surface area contributed by atoms with Crippen LogP contribution in [0.25, 0.3) is 0 Å². The summed E-state index contributed by atoms with van der Waals surface area (Å²) in [6.07, 6.45) is 12.9. The summed E-state index contributed by atoms with van der Waals surface area (Å²) in [6.45, 7) is 19.8. The van der Waals surface area contributed by atoms with Crippen molar-refractivity contribution in [2.75, 3.05) is 0 Å². The number of pyridine rings is 1. The minimum Gasteiger partial charge on any atom is -0.393 e. The van der Waals surface area contributed by atoms with Gasteiger partial charge in [0.15, 0.2) is 0 Å². The molecule has 0 unspecified atom stereocenters. The van der Waals surface area contributed by atoms with Crippen LogP contribution >= 0.6 is 0 Å². The van der Waals surface area contributed by atoms with Gasteiger partial charge in [-0.3, -0.25) is 9.78 Å². The fraction of sp³-hybridized carbons (Fsp3) is 0.778. The largest absolute Gasteiger partial charge is 0.393 e. The Kier molecular flexibility index (Phi) is 6.69. The number of amides is 1. The first-order chi connectivity index (χ1) is 18.8. The third kappa shape index (κ3) is 3.72. The molecule has 5 aliphatic carbocycles. The van der Waals surface area contributed by atoms with Crippen LogP contribution in [-0.4, -0.2) is 22.1 Å². The second-order valence-corrected chi connectivity index (χ2v) is 16.2. The lowest BCUT2D eigenvalue weighted by Gasteiger charge is -2.72. The van der Waals surface area contributed by atoms with Crippen molar-refractivity contribution in [1.29, 1.82) is 0 Å². The highest BCUT2D eigenvalue weighted by Gasteiger charge is 2.71. The van der Waals surface area contributed by atoms with Crippen molar-refractivity contribution in [3.63, 3.8) is 0 Å². The van der Waals surface area contributed by atoms with E-state index in [1.54, 1.807) is 0 Å². The number of aromatic nitrogens is 1. The van der Waals surface area contributed by atoms with Gasteiger partial charge < -0.3 is 10.4 Å². The Morgan fingerprint density at radius 2 is 1.73 bits per heavy atom. The average molecular weight is 547 g/mol. The standard InChI is InChI=1S/C36H54N2O2/c1-23(2)25-13-18-36(31(40)38-22-24-10-8-9-21-37-24)20-19-34(6)26(30(25)36)11-12-28-33(5)16-15-29(39)32(3,4)27(33)14-17-35(28,34)7/h8-10,21,25-30,39H,1,11-20,22H2,2-7H3,(H,38,40)/t25-,26+,27-,28+,29-,30+,33-,34+,35+,36-/m0/s1. The summed E-state index contributed by atoms with van der Waals surface area (Å²) in [6, 6.07) is 5.93. The Morgan fingerprint density at radius 3 is 2.42 bits per heavy atom. The van der Waals surface area contributed by atoms with Crippen molar-refractivity contribution in [3.05, 3.63) is 42.2 Å². The highest BCUT2D eigenvalue weighted by atomic mass is 16.3. The van der Waals surface area contributed by atoms with Crippen LogP contribution in [0.5, 0.6) is 0 Å². The van der Waals surface area contributed by atoms with Gasteiger partial charge in [0, 0.05) is 6.20 Å². The van der Waals surface area contributed by atoms with Gasteiger partial charge in [0.1, 0.15) is 0 Å². The maximum atomic E-state index is 14.2. The molecule has 0 bridgehead atoms. The molecule has 6 rings (SSSR count). The van der Waals surface area contributed by atoms with Gasteiger partial charge in [0.05, 0.1) is 23.8 Å². The zero-order chi connectivity index (χ0) is 28.7. The van der Waals surface area contributed by atoms with Gasteiger partial charge in [-0.2, -0.15) is 0 Å². The van der Waals surface area contributed by atoms with Gasteiger partial charge in [-0.25, -0.2) is 0 Å². The van der Waals surface area contributed by atoms with Crippen LogP contribution in [0.3, 0.4) is 0 Å². The third-order valence-corrected chi connectivity index (χ3v) is 14.7. The van der Waals surface area contributed by atoms with Gasteiger partial charge in [0.2, 0.25) is 5.91 Å². The van der Waals surface area contributed by atoms with Crippen molar-refractivity contribution < 1.29 is 9.90 Å². The summed E-state index contributed by atoms with van der Waals surface area (Å²) in [7, 11) is 0.